The summed E-state index contributed by atoms with van der Waals surface area (Å²) in [4.78, 5) is 7.54. The molecule has 208 valence electrons. The Morgan fingerprint density at radius 3 is 1.48 bits per heavy atom. The number of hydrogen-bond donors (Lipinski definition) is 0. The summed E-state index contributed by atoms with van der Waals surface area (Å²) in [6.07, 6.45) is 0. The molecule has 4 heteroatoms. The van der Waals surface area contributed by atoms with Gasteiger partial charge in [0.05, 0.1) is 23.0 Å². The Bertz CT molecular complexity index is 1990. The smallest absolute Gasteiger partial charge is 0.145 e. The number of anilines is 3. The van der Waals surface area contributed by atoms with Crippen LogP contribution in [0.3, 0.4) is 0 Å². The van der Waals surface area contributed by atoms with Gasteiger partial charge in [-0.3, -0.25) is 4.57 Å². The van der Waals surface area contributed by atoms with E-state index in [2.05, 4.69) is 125 Å². The summed E-state index contributed by atoms with van der Waals surface area (Å²) in [5, 5.41) is 9.44. The molecule has 44 heavy (non-hydrogen) atoms. The van der Waals surface area contributed by atoms with Crippen LogP contribution in [0.5, 0.6) is 0 Å². The average Bonchev–Trinajstić information content (AvgIpc) is 3.51. The molecule has 7 rings (SSSR count). The first-order valence-electron chi connectivity index (χ1n) is 14.5. The second kappa shape index (κ2) is 12.0. The maximum atomic E-state index is 9.44. The molecule has 6 aromatic carbocycles. The number of rotatable bonds is 7. The van der Waals surface area contributed by atoms with E-state index in [0.29, 0.717) is 5.56 Å². The molecule has 0 aliphatic rings. The summed E-state index contributed by atoms with van der Waals surface area (Å²) in [6, 6.07) is 60.0. The summed E-state index contributed by atoms with van der Waals surface area (Å²) >= 11 is 0. The molecule has 0 radical (unpaired) electrons. The van der Waals surface area contributed by atoms with Gasteiger partial charge in [0.1, 0.15) is 5.82 Å². The van der Waals surface area contributed by atoms with Crippen molar-refractivity contribution in [2.45, 2.75) is 0 Å². The van der Waals surface area contributed by atoms with E-state index in [9.17, 15) is 5.26 Å². The van der Waals surface area contributed by atoms with Crippen molar-refractivity contribution in [2.24, 2.45) is 0 Å². The van der Waals surface area contributed by atoms with Crippen molar-refractivity contribution in [3.05, 3.63) is 175 Å². The van der Waals surface area contributed by atoms with Gasteiger partial charge in [-0.15, -0.1) is 0 Å². The Morgan fingerprint density at radius 1 is 0.477 bits per heavy atom. The van der Waals surface area contributed by atoms with Gasteiger partial charge in [-0.1, -0.05) is 97.1 Å². The number of imidazole rings is 1. The molecule has 0 spiro atoms. The lowest BCUT2D eigenvalue weighted by Crippen LogP contribution is -2.10. The van der Waals surface area contributed by atoms with Crippen molar-refractivity contribution in [3.63, 3.8) is 0 Å². The van der Waals surface area contributed by atoms with E-state index in [1.807, 2.05) is 60.7 Å². The highest BCUT2D eigenvalue weighted by Crippen LogP contribution is 2.40. The minimum atomic E-state index is 0.615. The van der Waals surface area contributed by atoms with Crippen molar-refractivity contribution in [3.8, 4) is 45.7 Å². The van der Waals surface area contributed by atoms with Crippen LogP contribution in [0, 0.1) is 11.3 Å². The van der Waals surface area contributed by atoms with Crippen LogP contribution in [0.1, 0.15) is 5.56 Å². The molecule has 0 saturated heterocycles. The second-order valence-corrected chi connectivity index (χ2v) is 10.4. The fourth-order valence-electron chi connectivity index (χ4n) is 5.57. The van der Waals surface area contributed by atoms with Gasteiger partial charge in [-0.2, -0.15) is 5.26 Å². The van der Waals surface area contributed by atoms with Crippen LogP contribution < -0.4 is 4.90 Å². The first-order valence-corrected chi connectivity index (χ1v) is 14.5. The molecule has 0 atom stereocenters. The zero-order chi connectivity index (χ0) is 29.7. The highest BCUT2D eigenvalue weighted by Gasteiger charge is 2.23. The number of para-hydroxylation sites is 2. The van der Waals surface area contributed by atoms with E-state index in [4.69, 9.17) is 4.98 Å². The monoisotopic (exact) mass is 564 g/mol. The molecule has 0 aliphatic heterocycles. The molecule has 0 fully saturated rings. The van der Waals surface area contributed by atoms with Crippen LogP contribution in [0.15, 0.2) is 170 Å². The van der Waals surface area contributed by atoms with E-state index in [1.165, 1.54) is 0 Å². The van der Waals surface area contributed by atoms with Crippen LogP contribution in [0.2, 0.25) is 0 Å². The maximum Gasteiger partial charge on any atom is 0.145 e. The summed E-state index contributed by atoms with van der Waals surface area (Å²) in [7, 11) is 0. The van der Waals surface area contributed by atoms with Crippen LogP contribution in [-0.4, -0.2) is 9.55 Å². The van der Waals surface area contributed by atoms with Gasteiger partial charge in [0.2, 0.25) is 0 Å². The number of nitrogens with zero attached hydrogens (tertiary/aromatic N) is 4. The highest BCUT2D eigenvalue weighted by atomic mass is 15.1. The Hall–Kier alpha value is -6.18. The SMILES string of the molecule is N#Cc1ccc(-c2nc(-c3ccccc3)c(-c3ccccc3)n2-c2ccc(N(c3ccccc3)c3ccccc3)cc2)cc1. The number of aromatic nitrogens is 2. The Labute approximate surface area is 257 Å². The lowest BCUT2D eigenvalue weighted by Gasteiger charge is -2.25. The lowest BCUT2D eigenvalue weighted by molar-refractivity contribution is 1.07. The molecule has 0 aliphatic carbocycles. The summed E-state index contributed by atoms with van der Waals surface area (Å²) in [5.74, 6) is 0.808. The fraction of sp³-hybridized carbons (Fsp3) is 0. The van der Waals surface area contributed by atoms with Gasteiger partial charge >= 0.3 is 0 Å². The van der Waals surface area contributed by atoms with E-state index in [-0.39, 0.29) is 0 Å². The van der Waals surface area contributed by atoms with Gasteiger partial charge in [-0.25, -0.2) is 4.98 Å². The van der Waals surface area contributed by atoms with Gasteiger partial charge < -0.3 is 4.90 Å². The zero-order valence-corrected chi connectivity index (χ0v) is 24.0. The van der Waals surface area contributed by atoms with E-state index in [0.717, 1.165) is 56.7 Å². The summed E-state index contributed by atoms with van der Waals surface area (Å²) < 4.78 is 2.23. The molecule has 1 heterocycles. The van der Waals surface area contributed by atoms with Gasteiger partial charge in [0, 0.05) is 39.4 Å². The summed E-state index contributed by atoms with van der Waals surface area (Å²) in [6.45, 7) is 0. The standard InChI is InChI=1S/C40H28N4/c41-29-30-21-23-33(24-22-30)40-42-38(31-13-5-1-6-14-31)39(32-15-7-2-8-16-32)44(40)37-27-25-36(26-28-37)43(34-17-9-3-10-18-34)35-19-11-4-12-20-35/h1-28H. The predicted octanol–water partition coefficient (Wildman–Crippen LogP) is 10.2. The summed E-state index contributed by atoms with van der Waals surface area (Å²) in [5.41, 5.74) is 9.77. The van der Waals surface area contributed by atoms with Crippen LogP contribution >= 0.6 is 0 Å². The molecule has 1 aromatic heterocycles. The minimum Gasteiger partial charge on any atom is -0.311 e. The topological polar surface area (TPSA) is 44.9 Å². The van der Waals surface area contributed by atoms with Crippen molar-refractivity contribution < 1.29 is 0 Å². The van der Waals surface area contributed by atoms with E-state index in [1.54, 1.807) is 0 Å². The van der Waals surface area contributed by atoms with Gasteiger partial charge in [-0.05, 0) is 72.8 Å². The molecule has 7 aromatic rings. The third-order valence-corrected chi connectivity index (χ3v) is 7.64. The van der Waals surface area contributed by atoms with Crippen molar-refractivity contribution in [2.75, 3.05) is 4.90 Å². The number of benzene rings is 6. The molecule has 0 unspecified atom stereocenters. The van der Waals surface area contributed by atoms with Crippen LogP contribution in [0.4, 0.5) is 17.1 Å². The van der Waals surface area contributed by atoms with Gasteiger partial charge in [0.25, 0.3) is 0 Å². The predicted molar refractivity (Wildman–Crippen MR) is 179 cm³/mol. The van der Waals surface area contributed by atoms with Crippen LogP contribution in [0.25, 0.3) is 39.6 Å². The molecule has 0 bridgehead atoms. The largest absolute Gasteiger partial charge is 0.311 e. The number of hydrogen-bond acceptors (Lipinski definition) is 3. The van der Waals surface area contributed by atoms with Crippen molar-refractivity contribution in [1.82, 2.24) is 9.55 Å². The van der Waals surface area contributed by atoms with E-state index < -0.39 is 0 Å². The number of nitriles is 1. The molecule has 4 nitrogen and oxygen atoms in total. The molecular weight excluding hydrogens is 536 g/mol. The lowest BCUT2D eigenvalue weighted by atomic mass is 10.0. The Kier molecular flexibility index (Phi) is 7.26. The molecular formula is C40H28N4. The van der Waals surface area contributed by atoms with Crippen LogP contribution in [-0.2, 0) is 0 Å². The Balaban J connectivity index is 1.44. The van der Waals surface area contributed by atoms with Crippen molar-refractivity contribution in [1.29, 1.82) is 5.26 Å². The first kappa shape index (κ1) is 26.7. The molecule has 0 saturated carbocycles. The zero-order valence-electron chi connectivity index (χ0n) is 24.0. The first-order chi connectivity index (χ1) is 21.8. The maximum absolute atomic E-state index is 9.44. The average molecular weight is 565 g/mol. The third-order valence-electron chi connectivity index (χ3n) is 7.64. The highest BCUT2D eigenvalue weighted by molar-refractivity contribution is 5.85. The second-order valence-electron chi connectivity index (χ2n) is 10.4. The molecule has 0 N–H and O–H groups in total. The molecule has 0 amide bonds. The van der Waals surface area contributed by atoms with Crippen molar-refractivity contribution >= 4 is 17.1 Å². The third kappa shape index (κ3) is 5.15. The van der Waals surface area contributed by atoms with E-state index >= 15 is 0 Å². The Morgan fingerprint density at radius 2 is 0.955 bits per heavy atom. The van der Waals surface area contributed by atoms with Gasteiger partial charge in [0.15, 0.2) is 0 Å². The minimum absolute atomic E-state index is 0.615. The normalized spacial score (nSPS) is 10.7. The fourth-order valence-corrected chi connectivity index (χ4v) is 5.57. The quantitative estimate of drug-likeness (QED) is 0.193.